The quantitative estimate of drug-likeness (QED) is 0.910. The van der Waals surface area contributed by atoms with E-state index in [1.807, 2.05) is 0 Å². The predicted octanol–water partition coefficient (Wildman–Crippen LogP) is 1.27. The molecule has 2 rings (SSSR count). The fourth-order valence-corrected chi connectivity index (χ4v) is 3.92. The molecule has 0 aromatic heterocycles. The first-order valence-electron chi connectivity index (χ1n) is 6.19. The van der Waals surface area contributed by atoms with E-state index in [4.69, 9.17) is 0 Å². The second kappa shape index (κ2) is 6.02. The van der Waals surface area contributed by atoms with E-state index < -0.39 is 16.6 Å². The van der Waals surface area contributed by atoms with Gasteiger partial charge in [0.2, 0.25) is 10.0 Å². The van der Waals surface area contributed by atoms with Gasteiger partial charge in [-0.25, -0.2) is 8.42 Å². The van der Waals surface area contributed by atoms with Gasteiger partial charge in [0.05, 0.1) is 0 Å². The van der Waals surface area contributed by atoms with Crippen molar-refractivity contribution < 1.29 is 21.9 Å². The average Bonchev–Trinajstić information content (AvgIpc) is 2.38. The van der Waals surface area contributed by atoms with E-state index in [1.165, 1.54) is 28.6 Å². The van der Waals surface area contributed by atoms with Crippen LogP contribution in [0.25, 0.3) is 0 Å². The molecule has 1 N–H and O–H groups in total. The molecule has 0 radical (unpaired) electrons. The lowest BCUT2D eigenvalue weighted by Gasteiger charge is -2.33. The van der Waals surface area contributed by atoms with Gasteiger partial charge in [-0.3, -0.25) is 0 Å². The van der Waals surface area contributed by atoms with E-state index >= 15 is 0 Å². The van der Waals surface area contributed by atoms with Crippen LogP contribution in [-0.4, -0.2) is 45.0 Å². The van der Waals surface area contributed by atoms with Gasteiger partial charge in [-0.15, -0.1) is 0 Å². The van der Waals surface area contributed by atoms with Crippen LogP contribution >= 0.6 is 0 Å². The summed E-state index contributed by atoms with van der Waals surface area (Å²) in [6.07, 6.45) is 0. The van der Waals surface area contributed by atoms with Crippen molar-refractivity contribution in [2.24, 2.45) is 0 Å². The number of piperazine rings is 1. The number of ether oxygens (including phenoxy) is 1. The van der Waals surface area contributed by atoms with Crippen LogP contribution in [0.1, 0.15) is 6.92 Å². The Hall–Kier alpha value is -1.25. The van der Waals surface area contributed by atoms with Crippen LogP contribution in [-0.2, 0) is 10.0 Å². The Morgan fingerprint density at radius 2 is 2.10 bits per heavy atom. The Balaban J connectivity index is 2.38. The van der Waals surface area contributed by atoms with Crippen molar-refractivity contribution in [3.05, 3.63) is 24.3 Å². The van der Waals surface area contributed by atoms with E-state index in [0.717, 1.165) is 0 Å². The molecule has 1 aromatic rings. The van der Waals surface area contributed by atoms with Crippen molar-refractivity contribution in [3.63, 3.8) is 0 Å². The van der Waals surface area contributed by atoms with E-state index in [2.05, 4.69) is 10.1 Å². The first-order chi connectivity index (χ1) is 9.43. The van der Waals surface area contributed by atoms with Crippen LogP contribution in [0.4, 0.5) is 8.78 Å². The second-order valence-electron chi connectivity index (χ2n) is 4.49. The normalized spacial score (nSPS) is 21.1. The molecular formula is C12H16F2N2O3S. The van der Waals surface area contributed by atoms with Crippen molar-refractivity contribution in [2.45, 2.75) is 24.5 Å². The largest absolute Gasteiger partial charge is 0.433 e. The Labute approximate surface area is 116 Å². The number of rotatable bonds is 4. The number of halogens is 2. The summed E-state index contributed by atoms with van der Waals surface area (Å²) < 4.78 is 55.5. The molecular weight excluding hydrogens is 290 g/mol. The standard InChI is InChI=1S/C12H16F2N2O3S/c1-9-8-15-6-7-16(9)20(17,18)11-5-3-2-4-10(11)19-12(13)14/h2-5,9,12,15H,6-8H2,1H3. The maximum Gasteiger partial charge on any atom is 0.387 e. The van der Waals surface area contributed by atoms with Crippen LogP contribution in [0.3, 0.4) is 0 Å². The third-order valence-corrected chi connectivity index (χ3v) is 5.15. The van der Waals surface area contributed by atoms with Crippen LogP contribution in [0.5, 0.6) is 5.75 Å². The van der Waals surface area contributed by atoms with E-state index in [-0.39, 0.29) is 16.7 Å². The Kier molecular flexibility index (Phi) is 4.56. The molecule has 0 bridgehead atoms. The number of alkyl halides is 2. The molecule has 1 aromatic carbocycles. The molecule has 5 nitrogen and oxygen atoms in total. The van der Waals surface area contributed by atoms with E-state index in [1.54, 1.807) is 6.92 Å². The van der Waals surface area contributed by atoms with Gasteiger partial charge >= 0.3 is 6.61 Å². The molecule has 0 saturated carbocycles. The Bertz CT molecular complexity index is 566. The molecule has 112 valence electrons. The number of benzene rings is 1. The summed E-state index contributed by atoms with van der Waals surface area (Å²) in [7, 11) is -3.85. The van der Waals surface area contributed by atoms with Crippen LogP contribution in [0.15, 0.2) is 29.2 Å². The molecule has 20 heavy (non-hydrogen) atoms. The number of hydrogen-bond acceptors (Lipinski definition) is 4. The van der Waals surface area contributed by atoms with Gasteiger partial charge in [0, 0.05) is 25.7 Å². The summed E-state index contributed by atoms with van der Waals surface area (Å²) in [6, 6.07) is 5.21. The maximum absolute atomic E-state index is 12.6. The summed E-state index contributed by atoms with van der Waals surface area (Å²) in [5.74, 6) is -0.326. The third-order valence-electron chi connectivity index (χ3n) is 3.09. The number of nitrogens with one attached hydrogen (secondary N) is 1. The topological polar surface area (TPSA) is 58.6 Å². The SMILES string of the molecule is CC1CNCCN1S(=O)(=O)c1ccccc1OC(F)F. The number of hydrogen-bond donors (Lipinski definition) is 1. The lowest BCUT2D eigenvalue weighted by Crippen LogP contribution is -2.52. The van der Waals surface area contributed by atoms with Gasteiger partial charge in [-0.2, -0.15) is 13.1 Å². The average molecular weight is 306 g/mol. The van der Waals surface area contributed by atoms with Gasteiger partial charge in [0.15, 0.2) is 0 Å². The lowest BCUT2D eigenvalue weighted by atomic mass is 10.3. The number of para-hydroxylation sites is 1. The fraction of sp³-hybridized carbons (Fsp3) is 0.500. The van der Waals surface area contributed by atoms with Gasteiger partial charge < -0.3 is 10.1 Å². The lowest BCUT2D eigenvalue weighted by molar-refractivity contribution is -0.0518. The molecule has 1 aliphatic heterocycles. The monoisotopic (exact) mass is 306 g/mol. The van der Waals surface area contributed by atoms with Crippen LogP contribution < -0.4 is 10.1 Å². The van der Waals surface area contributed by atoms with Crippen LogP contribution in [0.2, 0.25) is 0 Å². The molecule has 0 amide bonds. The molecule has 8 heteroatoms. The predicted molar refractivity (Wildman–Crippen MR) is 69.3 cm³/mol. The van der Waals surface area contributed by atoms with Gasteiger partial charge in [-0.1, -0.05) is 12.1 Å². The zero-order chi connectivity index (χ0) is 14.8. The van der Waals surface area contributed by atoms with Gasteiger partial charge in [0.1, 0.15) is 10.6 Å². The van der Waals surface area contributed by atoms with Crippen molar-refractivity contribution in [3.8, 4) is 5.75 Å². The number of nitrogens with zero attached hydrogens (tertiary/aromatic N) is 1. The molecule has 0 spiro atoms. The molecule has 0 aliphatic carbocycles. The second-order valence-corrected chi connectivity index (χ2v) is 6.35. The van der Waals surface area contributed by atoms with Crippen molar-refractivity contribution >= 4 is 10.0 Å². The maximum atomic E-state index is 12.6. The van der Waals surface area contributed by atoms with Crippen molar-refractivity contribution in [2.75, 3.05) is 19.6 Å². The Morgan fingerprint density at radius 1 is 1.40 bits per heavy atom. The van der Waals surface area contributed by atoms with Gasteiger partial charge in [0.25, 0.3) is 0 Å². The third kappa shape index (κ3) is 3.08. The van der Waals surface area contributed by atoms with E-state index in [0.29, 0.717) is 19.6 Å². The summed E-state index contributed by atoms with van der Waals surface area (Å²) in [5, 5.41) is 3.08. The molecule has 1 fully saturated rings. The summed E-state index contributed by atoms with van der Waals surface area (Å²) in [6.45, 7) is 0.0533. The first-order valence-corrected chi connectivity index (χ1v) is 7.63. The minimum absolute atomic E-state index is 0.228. The number of sulfonamides is 1. The van der Waals surface area contributed by atoms with Crippen molar-refractivity contribution in [1.29, 1.82) is 0 Å². The van der Waals surface area contributed by atoms with Crippen LogP contribution in [0, 0.1) is 0 Å². The fourth-order valence-electron chi connectivity index (χ4n) is 2.16. The minimum Gasteiger partial charge on any atom is -0.433 e. The molecule has 1 unspecified atom stereocenters. The highest BCUT2D eigenvalue weighted by Crippen LogP contribution is 2.29. The van der Waals surface area contributed by atoms with Gasteiger partial charge in [-0.05, 0) is 19.1 Å². The Morgan fingerprint density at radius 3 is 2.75 bits per heavy atom. The minimum atomic E-state index is -3.85. The highest BCUT2D eigenvalue weighted by molar-refractivity contribution is 7.89. The molecule has 1 aliphatic rings. The summed E-state index contributed by atoms with van der Waals surface area (Å²) >= 11 is 0. The molecule has 1 heterocycles. The summed E-state index contributed by atoms with van der Waals surface area (Å²) in [5.41, 5.74) is 0. The molecule has 1 atom stereocenters. The highest BCUT2D eigenvalue weighted by atomic mass is 32.2. The molecule has 1 saturated heterocycles. The first kappa shape index (κ1) is 15.1. The smallest absolute Gasteiger partial charge is 0.387 e. The zero-order valence-corrected chi connectivity index (χ0v) is 11.7. The highest BCUT2D eigenvalue weighted by Gasteiger charge is 2.33. The zero-order valence-electron chi connectivity index (χ0n) is 10.9. The van der Waals surface area contributed by atoms with E-state index in [9.17, 15) is 17.2 Å². The summed E-state index contributed by atoms with van der Waals surface area (Å²) in [4.78, 5) is -0.228. The van der Waals surface area contributed by atoms with Crippen molar-refractivity contribution in [1.82, 2.24) is 9.62 Å².